The van der Waals surface area contributed by atoms with Crippen LogP contribution in [-0.2, 0) is 6.18 Å². The fourth-order valence-corrected chi connectivity index (χ4v) is 1.33. The molecule has 0 aliphatic rings. The summed E-state index contributed by atoms with van der Waals surface area (Å²) in [6, 6.07) is -0.993. The van der Waals surface area contributed by atoms with Crippen LogP contribution in [0, 0.1) is 0 Å². The molecule has 1 atom stereocenters. The van der Waals surface area contributed by atoms with Crippen LogP contribution < -0.4 is 5.32 Å². The third kappa shape index (κ3) is 2.66. The van der Waals surface area contributed by atoms with Crippen LogP contribution in [0.4, 0.5) is 22.0 Å². The van der Waals surface area contributed by atoms with Crippen molar-refractivity contribution in [2.75, 3.05) is 7.05 Å². The first-order valence-electron chi connectivity index (χ1n) is 4.34. The summed E-state index contributed by atoms with van der Waals surface area (Å²) in [5.74, 6) is 0. The lowest BCUT2D eigenvalue weighted by Gasteiger charge is -2.19. The van der Waals surface area contributed by atoms with Gasteiger partial charge in [-0.25, -0.2) is 8.78 Å². The first-order chi connectivity index (χ1) is 7.38. The van der Waals surface area contributed by atoms with E-state index in [1.807, 2.05) is 0 Å². The maximum atomic E-state index is 12.5. The van der Waals surface area contributed by atoms with Crippen molar-refractivity contribution in [3.8, 4) is 0 Å². The summed E-state index contributed by atoms with van der Waals surface area (Å²) in [5, 5.41) is 2.14. The quantitative estimate of drug-likeness (QED) is 0.821. The second kappa shape index (κ2) is 4.73. The highest BCUT2D eigenvalue weighted by Gasteiger charge is 2.37. The van der Waals surface area contributed by atoms with Crippen molar-refractivity contribution in [2.24, 2.45) is 0 Å². The SMILES string of the molecule is CNC(c1cnccc1C(F)(F)F)C(F)F. The number of hydrogen-bond acceptors (Lipinski definition) is 2. The van der Waals surface area contributed by atoms with Gasteiger partial charge in [0.25, 0.3) is 6.43 Å². The number of alkyl halides is 5. The second-order valence-corrected chi connectivity index (χ2v) is 3.06. The Balaban J connectivity index is 3.22. The third-order valence-corrected chi connectivity index (χ3v) is 2.06. The standard InChI is InChI=1S/C9H9F5N2/c1-15-7(8(10)11)5-4-16-3-2-6(5)9(12,13)14/h2-4,7-8,15H,1H3. The molecule has 0 saturated heterocycles. The van der Waals surface area contributed by atoms with Gasteiger partial charge in [0.1, 0.15) is 0 Å². The number of nitrogens with one attached hydrogen (secondary N) is 1. The topological polar surface area (TPSA) is 24.9 Å². The van der Waals surface area contributed by atoms with Crippen LogP contribution in [0.5, 0.6) is 0 Å². The molecule has 1 aromatic heterocycles. The van der Waals surface area contributed by atoms with Gasteiger partial charge in [0.2, 0.25) is 0 Å². The number of rotatable bonds is 3. The highest BCUT2D eigenvalue weighted by Crippen LogP contribution is 2.35. The van der Waals surface area contributed by atoms with Crippen LogP contribution >= 0.6 is 0 Å². The Bertz CT molecular complexity index is 350. The number of nitrogens with zero attached hydrogens (tertiary/aromatic N) is 1. The van der Waals surface area contributed by atoms with E-state index in [9.17, 15) is 22.0 Å². The molecule has 1 unspecified atom stereocenters. The van der Waals surface area contributed by atoms with E-state index in [0.29, 0.717) is 6.07 Å². The molecular formula is C9H9F5N2. The molecule has 0 aromatic carbocycles. The van der Waals surface area contributed by atoms with Gasteiger partial charge >= 0.3 is 6.18 Å². The third-order valence-electron chi connectivity index (χ3n) is 2.06. The van der Waals surface area contributed by atoms with Crippen LogP contribution in [0.15, 0.2) is 18.5 Å². The average molecular weight is 240 g/mol. The largest absolute Gasteiger partial charge is 0.416 e. The maximum absolute atomic E-state index is 12.5. The number of hydrogen-bond donors (Lipinski definition) is 1. The molecule has 0 spiro atoms. The summed E-state index contributed by atoms with van der Waals surface area (Å²) in [5.41, 5.74) is -1.64. The van der Waals surface area contributed by atoms with Crippen molar-refractivity contribution in [1.29, 1.82) is 0 Å². The summed E-state index contributed by atoms with van der Waals surface area (Å²) < 4.78 is 62.5. The molecule has 0 amide bonds. The molecule has 0 saturated carbocycles. The Morgan fingerprint density at radius 1 is 1.31 bits per heavy atom. The van der Waals surface area contributed by atoms with Crippen LogP contribution in [0.1, 0.15) is 17.2 Å². The smallest absolute Gasteiger partial charge is 0.308 e. The van der Waals surface area contributed by atoms with Crippen molar-refractivity contribution in [1.82, 2.24) is 10.3 Å². The summed E-state index contributed by atoms with van der Waals surface area (Å²) in [7, 11) is 1.17. The monoisotopic (exact) mass is 240 g/mol. The molecule has 90 valence electrons. The highest BCUT2D eigenvalue weighted by molar-refractivity contribution is 5.29. The minimum atomic E-state index is -4.66. The van der Waals surface area contributed by atoms with E-state index in [1.165, 1.54) is 7.05 Å². The average Bonchev–Trinajstić information content (AvgIpc) is 2.17. The first kappa shape index (κ1) is 12.8. The molecule has 0 aliphatic carbocycles. The van der Waals surface area contributed by atoms with Gasteiger partial charge in [0, 0.05) is 18.0 Å². The van der Waals surface area contributed by atoms with Gasteiger partial charge in [0.05, 0.1) is 11.6 Å². The van der Waals surface area contributed by atoms with E-state index < -0.39 is 29.8 Å². The van der Waals surface area contributed by atoms with Crippen molar-refractivity contribution >= 4 is 0 Å². The Hall–Kier alpha value is -1.24. The van der Waals surface area contributed by atoms with Crippen molar-refractivity contribution in [3.63, 3.8) is 0 Å². The molecule has 1 rings (SSSR count). The van der Waals surface area contributed by atoms with Gasteiger partial charge in [-0.1, -0.05) is 0 Å². The van der Waals surface area contributed by atoms with E-state index in [1.54, 1.807) is 0 Å². The zero-order chi connectivity index (χ0) is 12.3. The van der Waals surface area contributed by atoms with Crippen LogP contribution in [-0.4, -0.2) is 18.5 Å². The second-order valence-electron chi connectivity index (χ2n) is 3.06. The molecule has 1 aromatic rings. The lowest BCUT2D eigenvalue weighted by atomic mass is 10.0. The van der Waals surface area contributed by atoms with Gasteiger partial charge < -0.3 is 5.32 Å². The molecule has 1 heterocycles. The molecule has 2 nitrogen and oxygen atoms in total. The van der Waals surface area contributed by atoms with Crippen LogP contribution in [0.3, 0.4) is 0 Å². The predicted molar refractivity (Wildman–Crippen MR) is 47.0 cm³/mol. The molecule has 16 heavy (non-hydrogen) atoms. The van der Waals surface area contributed by atoms with Gasteiger partial charge in [-0.3, -0.25) is 4.98 Å². The van der Waals surface area contributed by atoms with Gasteiger partial charge in [-0.2, -0.15) is 13.2 Å². The number of pyridine rings is 1. The van der Waals surface area contributed by atoms with E-state index in [0.717, 1.165) is 12.4 Å². The summed E-state index contributed by atoms with van der Waals surface area (Å²) in [6.07, 6.45) is -5.88. The zero-order valence-electron chi connectivity index (χ0n) is 8.22. The number of aromatic nitrogens is 1. The normalized spacial score (nSPS) is 14.2. The Labute approximate surface area is 88.5 Å². The van der Waals surface area contributed by atoms with Gasteiger partial charge in [-0.05, 0) is 13.1 Å². The molecule has 0 bridgehead atoms. The van der Waals surface area contributed by atoms with E-state index in [-0.39, 0.29) is 0 Å². The van der Waals surface area contributed by atoms with Crippen LogP contribution in [0.2, 0.25) is 0 Å². The van der Waals surface area contributed by atoms with Crippen molar-refractivity contribution in [2.45, 2.75) is 18.6 Å². The molecule has 0 fully saturated rings. The van der Waals surface area contributed by atoms with E-state index in [4.69, 9.17) is 0 Å². The lowest BCUT2D eigenvalue weighted by Crippen LogP contribution is -2.26. The predicted octanol–water partition coefficient (Wildman–Crippen LogP) is 2.63. The minimum absolute atomic E-state index is 0.549. The molecule has 7 heteroatoms. The Morgan fingerprint density at radius 3 is 2.38 bits per heavy atom. The van der Waals surface area contributed by atoms with Crippen molar-refractivity contribution < 1.29 is 22.0 Å². The lowest BCUT2D eigenvalue weighted by molar-refractivity contribution is -0.138. The van der Waals surface area contributed by atoms with Gasteiger partial charge in [0.15, 0.2) is 0 Å². The summed E-state index contributed by atoms with van der Waals surface area (Å²) in [4.78, 5) is 3.44. The van der Waals surface area contributed by atoms with Crippen molar-refractivity contribution in [3.05, 3.63) is 29.6 Å². The highest BCUT2D eigenvalue weighted by atomic mass is 19.4. The zero-order valence-corrected chi connectivity index (χ0v) is 8.22. The number of halogens is 5. The molecular weight excluding hydrogens is 231 g/mol. The maximum Gasteiger partial charge on any atom is 0.416 e. The summed E-state index contributed by atoms with van der Waals surface area (Å²) >= 11 is 0. The van der Waals surface area contributed by atoms with E-state index in [2.05, 4.69) is 10.3 Å². The molecule has 0 radical (unpaired) electrons. The van der Waals surface area contributed by atoms with E-state index >= 15 is 0 Å². The fraction of sp³-hybridized carbons (Fsp3) is 0.444. The van der Waals surface area contributed by atoms with Crippen LogP contribution in [0.25, 0.3) is 0 Å². The Morgan fingerprint density at radius 2 is 1.94 bits per heavy atom. The van der Waals surface area contributed by atoms with Gasteiger partial charge in [-0.15, -0.1) is 0 Å². The minimum Gasteiger partial charge on any atom is -0.308 e. The fourth-order valence-electron chi connectivity index (χ4n) is 1.33. The molecule has 1 N–H and O–H groups in total. The summed E-state index contributed by atoms with van der Waals surface area (Å²) in [6.45, 7) is 0. The first-order valence-corrected chi connectivity index (χ1v) is 4.34. The Kier molecular flexibility index (Phi) is 3.79. The molecule has 0 aliphatic heterocycles.